The standard InChI is InChI=1S/C14H26N2O/c15-13-7-5-12(9-13)10-16-14(17)8-6-11-3-1-2-4-11/h11-13H,1-10,15H2,(H,16,17). The predicted molar refractivity (Wildman–Crippen MR) is 69.5 cm³/mol. The molecule has 2 saturated carbocycles. The molecule has 0 aromatic heterocycles. The van der Waals surface area contributed by atoms with Crippen molar-refractivity contribution in [3.8, 4) is 0 Å². The van der Waals surface area contributed by atoms with Crippen molar-refractivity contribution in [3.63, 3.8) is 0 Å². The Morgan fingerprint density at radius 1 is 1.12 bits per heavy atom. The van der Waals surface area contributed by atoms with E-state index in [-0.39, 0.29) is 5.91 Å². The van der Waals surface area contributed by atoms with Crippen LogP contribution in [0, 0.1) is 11.8 Å². The molecule has 3 N–H and O–H groups in total. The predicted octanol–water partition coefficient (Wildman–Crippen LogP) is 2.20. The largest absolute Gasteiger partial charge is 0.356 e. The molecule has 0 bridgehead atoms. The van der Waals surface area contributed by atoms with Crippen molar-refractivity contribution in [2.75, 3.05) is 6.54 Å². The molecular formula is C14H26N2O. The van der Waals surface area contributed by atoms with Gasteiger partial charge in [-0.2, -0.15) is 0 Å². The van der Waals surface area contributed by atoms with E-state index in [4.69, 9.17) is 5.73 Å². The first-order valence-corrected chi connectivity index (χ1v) is 7.26. The number of carbonyl (C=O) groups is 1. The molecule has 0 saturated heterocycles. The van der Waals surface area contributed by atoms with Crippen LogP contribution in [0.2, 0.25) is 0 Å². The van der Waals surface area contributed by atoms with Gasteiger partial charge in [0.1, 0.15) is 0 Å². The normalized spacial score (nSPS) is 29.7. The molecule has 2 fully saturated rings. The Morgan fingerprint density at radius 3 is 2.53 bits per heavy atom. The minimum absolute atomic E-state index is 0.248. The molecule has 3 nitrogen and oxygen atoms in total. The summed E-state index contributed by atoms with van der Waals surface area (Å²) in [6.07, 6.45) is 10.6. The first-order valence-electron chi connectivity index (χ1n) is 7.26. The first-order chi connectivity index (χ1) is 8.24. The summed E-state index contributed by atoms with van der Waals surface area (Å²) in [6.45, 7) is 0.844. The highest BCUT2D eigenvalue weighted by atomic mass is 16.1. The van der Waals surface area contributed by atoms with Crippen molar-refractivity contribution in [1.82, 2.24) is 5.32 Å². The average Bonchev–Trinajstić information content (AvgIpc) is 2.95. The molecule has 0 aromatic carbocycles. The summed E-state index contributed by atoms with van der Waals surface area (Å²) in [5, 5.41) is 3.07. The van der Waals surface area contributed by atoms with Gasteiger partial charge in [-0.15, -0.1) is 0 Å². The van der Waals surface area contributed by atoms with Crippen LogP contribution in [-0.4, -0.2) is 18.5 Å². The van der Waals surface area contributed by atoms with Crippen LogP contribution in [0.25, 0.3) is 0 Å². The smallest absolute Gasteiger partial charge is 0.220 e. The van der Waals surface area contributed by atoms with Crippen LogP contribution in [0.5, 0.6) is 0 Å². The Bertz CT molecular complexity index is 249. The second-order valence-electron chi connectivity index (χ2n) is 5.93. The lowest BCUT2D eigenvalue weighted by Gasteiger charge is -2.12. The second kappa shape index (κ2) is 6.39. The van der Waals surface area contributed by atoms with Gasteiger partial charge in [-0.1, -0.05) is 25.7 Å². The molecule has 3 heteroatoms. The van der Waals surface area contributed by atoms with E-state index in [9.17, 15) is 4.79 Å². The number of hydrogen-bond acceptors (Lipinski definition) is 2. The van der Waals surface area contributed by atoms with Crippen molar-refractivity contribution >= 4 is 5.91 Å². The lowest BCUT2D eigenvalue weighted by molar-refractivity contribution is -0.121. The van der Waals surface area contributed by atoms with Crippen LogP contribution in [0.4, 0.5) is 0 Å². The van der Waals surface area contributed by atoms with Gasteiger partial charge in [0.2, 0.25) is 5.91 Å². The molecule has 2 aliphatic carbocycles. The maximum Gasteiger partial charge on any atom is 0.220 e. The summed E-state index contributed by atoms with van der Waals surface area (Å²) >= 11 is 0. The van der Waals surface area contributed by atoms with Gasteiger partial charge >= 0.3 is 0 Å². The SMILES string of the molecule is NC1CCC(CNC(=O)CCC2CCCC2)C1. The summed E-state index contributed by atoms with van der Waals surface area (Å²) in [5.74, 6) is 1.69. The molecule has 0 spiro atoms. The second-order valence-corrected chi connectivity index (χ2v) is 5.93. The van der Waals surface area contributed by atoms with Gasteiger partial charge in [-0.05, 0) is 37.5 Å². The summed E-state index contributed by atoms with van der Waals surface area (Å²) in [7, 11) is 0. The minimum atomic E-state index is 0.248. The number of nitrogens with one attached hydrogen (secondary N) is 1. The molecule has 0 aromatic rings. The van der Waals surface area contributed by atoms with Gasteiger partial charge in [-0.25, -0.2) is 0 Å². The third kappa shape index (κ3) is 4.30. The molecule has 0 radical (unpaired) electrons. The van der Waals surface area contributed by atoms with Crippen molar-refractivity contribution in [2.24, 2.45) is 17.6 Å². The molecular weight excluding hydrogens is 212 g/mol. The van der Waals surface area contributed by atoms with Gasteiger partial charge < -0.3 is 11.1 Å². The lowest BCUT2D eigenvalue weighted by Crippen LogP contribution is -2.29. The number of nitrogens with two attached hydrogens (primary N) is 1. The van der Waals surface area contributed by atoms with Gasteiger partial charge in [-0.3, -0.25) is 4.79 Å². The maximum atomic E-state index is 11.7. The van der Waals surface area contributed by atoms with Crippen LogP contribution < -0.4 is 11.1 Å². The third-order valence-corrected chi connectivity index (χ3v) is 4.42. The summed E-state index contributed by atoms with van der Waals surface area (Å²) in [5.41, 5.74) is 5.86. The van der Waals surface area contributed by atoms with Crippen LogP contribution in [0.1, 0.15) is 57.8 Å². The van der Waals surface area contributed by atoms with Gasteiger partial charge in [0.15, 0.2) is 0 Å². The van der Waals surface area contributed by atoms with Crippen molar-refractivity contribution < 1.29 is 4.79 Å². The first kappa shape index (κ1) is 12.9. The monoisotopic (exact) mass is 238 g/mol. The Hall–Kier alpha value is -0.570. The molecule has 2 rings (SSSR count). The lowest BCUT2D eigenvalue weighted by atomic mass is 10.0. The van der Waals surface area contributed by atoms with E-state index in [2.05, 4.69) is 5.32 Å². The number of carbonyl (C=O) groups excluding carboxylic acids is 1. The highest BCUT2D eigenvalue weighted by Crippen LogP contribution is 2.28. The summed E-state index contributed by atoms with van der Waals surface area (Å²) < 4.78 is 0. The quantitative estimate of drug-likeness (QED) is 0.771. The van der Waals surface area contributed by atoms with Gasteiger partial charge in [0.05, 0.1) is 0 Å². The summed E-state index contributed by atoms with van der Waals surface area (Å²) in [4.78, 5) is 11.7. The van der Waals surface area contributed by atoms with E-state index in [1.54, 1.807) is 0 Å². The van der Waals surface area contributed by atoms with Crippen molar-refractivity contribution in [3.05, 3.63) is 0 Å². The highest BCUT2D eigenvalue weighted by Gasteiger charge is 2.22. The third-order valence-electron chi connectivity index (χ3n) is 4.42. The zero-order valence-electron chi connectivity index (χ0n) is 10.8. The van der Waals surface area contributed by atoms with Crippen LogP contribution in [0.3, 0.4) is 0 Å². The Balaban J connectivity index is 1.54. The van der Waals surface area contributed by atoms with E-state index >= 15 is 0 Å². The number of rotatable bonds is 5. The van der Waals surface area contributed by atoms with E-state index in [0.717, 1.165) is 38.1 Å². The molecule has 1 amide bonds. The van der Waals surface area contributed by atoms with Crippen LogP contribution in [0.15, 0.2) is 0 Å². The minimum Gasteiger partial charge on any atom is -0.356 e. The average molecular weight is 238 g/mol. The van der Waals surface area contributed by atoms with E-state index in [1.165, 1.54) is 32.1 Å². The molecule has 2 unspecified atom stereocenters. The number of hydrogen-bond donors (Lipinski definition) is 2. The number of amides is 1. The zero-order valence-corrected chi connectivity index (χ0v) is 10.8. The molecule has 17 heavy (non-hydrogen) atoms. The van der Waals surface area contributed by atoms with Crippen LogP contribution >= 0.6 is 0 Å². The molecule has 0 aliphatic heterocycles. The fourth-order valence-electron chi connectivity index (χ4n) is 3.28. The maximum absolute atomic E-state index is 11.7. The van der Waals surface area contributed by atoms with E-state index < -0.39 is 0 Å². The highest BCUT2D eigenvalue weighted by molar-refractivity contribution is 5.75. The molecule has 0 heterocycles. The Kier molecular flexibility index (Phi) is 4.84. The van der Waals surface area contributed by atoms with Crippen LogP contribution in [-0.2, 0) is 4.79 Å². The molecule has 2 aliphatic rings. The Labute approximate surface area is 105 Å². The zero-order chi connectivity index (χ0) is 12.1. The van der Waals surface area contributed by atoms with Gasteiger partial charge in [0, 0.05) is 19.0 Å². The molecule has 2 atom stereocenters. The van der Waals surface area contributed by atoms with E-state index in [0.29, 0.717) is 12.0 Å². The van der Waals surface area contributed by atoms with E-state index in [1.807, 2.05) is 0 Å². The summed E-state index contributed by atoms with van der Waals surface area (Å²) in [6, 6.07) is 0.371. The van der Waals surface area contributed by atoms with Crippen molar-refractivity contribution in [1.29, 1.82) is 0 Å². The fraction of sp³-hybridized carbons (Fsp3) is 0.929. The Morgan fingerprint density at radius 2 is 1.88 bits per heavy atom. The van der Waals surface area contributed by atoms with Crippen molar-refractivity contribution in [2.45, 2.75) is 63.8 Å². The fourth-order valence-corrected chi connectivity index (χ4v) is 3.28. The topological polar surface area (TPSA) is 55.1 Å². The molecule has 98 valence electrons. The van der Waals surface area contributed by atoms with Gasteiger partial charge in [0.25, 0.3) is 0 Å².